The van der Waals surface area contributed by atoms with Crippen LogP contribution in [0.4, 0.5) is 0 Å². The van der Waals surface area contributed by atoms with Gasteiger partial charge in [-0.2, -0.15) is 0 Å². The first kappa shape index (κ1) is 22.1. The monoisotopic (exact) mass is 461 g/mol. The van der Waals surface area contributed by atoms with Gasteiger partial charge in [-0.3, -0.25) is 9.59 Å². The number of aromatic nitrogens is 3. The summed E-state index contributed by atoms with van der Waals surface area (Å²) >= 11 is 0. The fourth-order valence-electron chi connectivity index (χ4n) is 4.40. The van der Waals surface area contributed by atoms with Gasteiger partial charge in [0, 0.05) is 26.2 Å². The molecular formula is C25H27N5O4. The standard InChI is InChI=1S/C25H27N5O4/c1-2-33-21-11-7-6-10-19(21)24(31)28-12-14-29(15-13-28)25(32)23-20-17-34-22(16-30(20)27-26-23)18-8-4-3-5-9-18/h3-11,22H,2,12-17H2,1H3/t22-/m1/s1. The number of hydrogen-bond acceptors (Lipinski definition) is 6. The van der Waals surface area contributed by atoms with Gasteiger partial charge in [0.05, 0.1) is 31.0 Å². The van der Waals surface area contributed by atoms with Crippen LogP contribution in [0, 0.1) is 0 Å². The third kappa shape index (κ3) is 4.26. The molecule has 34 heavy (non-hydrogen) atoms. The largest absolute Gasteiger partial charge is 0.493 e. The van der Waals surface area contributed by atoms with E-state index in [1.165, 1.54) is 0 Å². The average molecular weight is 462 g/mol. The van der Waals surface area contributed by atoms with Crippen molar-refractivity contribution in [1.82, 2.24) is 24.8 Å². The van der Waals surface area contributed by atoms with E-state index in [-0.39, 0.29) is 24.5 Å². The second kappa shape index (κ2) is 9.64. The van der Waals surface area contributed by atoms with Gasteiger partial charge in [-0.1, -0.05) is 47.7 Å². The number of rotatable bonds is 5. The SMILES string of the molecule is CCOc1ccccc1C(=O)N1CCN(C(=O)c2nnn3c2CO[C@@H](c2ccccc2)C3)CC1. The Morgan fingerprint density at radius 3 is 2.38 bits per heavy atom. The van der Waals surface area contributed by atoms with Crippen molar-refractivity contribution in [3.8, 4) is 5.75 Å². The number of fused-ring (bicyclic) bond motifs is 1. The van der Waals surface area contributed by atoms with Gasteiger partial charge in [0.15, 0.2) is 5.69 Å². The van der Waals surface area contributed by atoms with Crippen molar-refractivity contribution >= 4 is 11.8 Å². The van der Waals surface area contributed by atoms with Crippen LogP contribution in [0.5, 0.6) is 5.75 Å². The molecule has 2 aliphatic rings. The van der Waals surface area contributed by atoms with Crippen molar-refractivity contribution in [3.63, 3.8) is 0 Å². The Hall–Kier alpha value is -3.72. The van der Waals surface area contributed by atoms with Crippen LogP contribution in [0.2, 0.25) is 0 Å². The molecule has 0 bridgehead atoms. The van der Waals surface area contributed by atoms with Crippen LogP contribution in [0.3, 0.4) is 0 Å². The van der Waals surface area contributed by atoms with Crippen molar-refractivity contribution in [2.24, 2.45) is 0 Å². The lowest BCUT2D eigenvalue weighted by Gasteiger charge is -2.35. The minimum atomic E-state index is -0.176. The normalized spacial score (nSPS) is 17.9. The number of carbonyl (C=O) groups excluding carboxylic acids is 2. The van der Waals surface area contributed by atoms with Gasteiger partial charge in [0.1, 0.15) is 11.9 Å². The highest BCUT2D eigenvalue weighted by atomic mass is 16.5. The number of nitrogens with zero attached hydrogens (tertiary/aromatic N) is 5. The van der Waals surface area contributed by atoms with Gasteiger partial charge in [0.25, 0.3) is 11.8 Å². The first-order valence-electron chi connectivity index (χ1n) is 11.5. The van der Waals surface area contributed by atoms with Crippen LogP contribution < -0.4 is 4.74 Å². The van der Waals surface area contributed by atoms with Crippen LogP contribution in [0.15, 0.2) is 54.6 Å². The molecular weight excluding hydrogens is 434 g/mol. The van der Waals surface area contributed by atoms with Crippen molar-refractivity contribution < 1.29 is 19.1 Å². The lowest BCUT2D eigenvalue weighted by Crippen LogP contribution is -2.51. The van der Waals surface area contributed by atoms with E-state index in [0.29, 0.717) is 62.0 Å². The molecule has 3 heterocycles. The van der Waals surface area contributed by atoms with Crippen LogP contribution in [0.25, 0.3) is 0 Å². The smallest absolute Gasteiger partial charge is 0.276 e. The molecule has 9 nitrogen and oxygen atoms in total. The number of amides is 2. The minimum Gasteiger partial charge on any atom is -0.493 e. The van der Waals surface area contributed by atoms with Crippen molar-refractivity contribution in [1.29, 1.82) is 0 Å². The molecule has 0 aliphatic carbocycles. The third-order valence-electron chi connectivity index (χ3n) is 6.24. The number of para-hydroxylation sites is 1. The zero-order valence-corrected chi connectivity index (χ0v) is 19.1. The highest BCUT2D eigenvalue weighted by molar-refractivity contribution is 5.97. The molecule has 2 amide bonds. The number of ether oxygens (including phenoxy) is 2. The highest BCUT2D eigenvalue weighted by Crippen LogP contribution is 2.27. The Bertz CT molecular complexity index is 1170. The zero-order chi connectivity index (χ0) is 23.5. The van der Waals surface area contributed by atoms with E-state index < -0.39 is 0 Å². The fraction of sp³-hybridized carbons (Fsp3) is 0.360. The lowest BCUT2D eigenvalue weighted by atomic mass is 10.1. The number of carbonyl (C=O) groups is 2. The first-order chi connectivity index (χ1) is 16.7. The Balaban J connectivity index is 1.23. The summed E-state index contributed by atoms with van der Waals surface area (Å²) in [6.45, 7) is 4.93. The van der Waals surface area contributed by atoms with Gasteiger partial charge in [-0.05, 0) is 24.6 Å². The van der Waals surface area contributed by atoms with Gasteiger partial charge >= 0.3 is 0 Å². The highest BCUT2D eigenvalue weighted by Gasteiger charge is 2.32. The molecule has 3 aromatic rings. The number of piperazine rings is 1. The van der Waals surface area contributed by atoms with Crippen molar-refractivity contribution in [2.45, 2.75) is 26.2 Å². The summed E-state index contributed by atoms with van der Waals surface area (Å²) in [4.78, 5) is 29.7. The Morgan fingerprint density at radius 2 is 1.65 bits per heavy atom. The van der Waals surface area contributed by atoms with E-state index in [0.717, 1.165) is 5.56 Å². The maximum Gasteiger partial charge on any atom is 0.276 e. The predicted octanol–water partition coefficient (Wildman–Crippen LogP) is 2.55. The zero-order valence-electron chi connectivity index (χ0n) is 19.1. The van der Waals surface area contributed by atoms with Gasteiger partial charge in [-0.25, -0.2) is 4.68 Å². The minimum absolute atomic E-state index is 0.0856. The van der Waals surface area contributed by atoms with Gasteiger partial charge in [-0.15, -0.1) is 5.10 Å². The van der Waals surface area contributed by atoms with Gasteiger partial charge < -0.3 is 19.3 Å². The second-order valence-electron chi connectivity index (χ2n) is 8.29. The molecule has 0 N–H and O–H groups in total. The quantitative estimate of drug-likeness (QED) is 0.580. The summed E-state index contributed by atoms with van der Waals surface area (Å²) in [6, 6.07) is 17.2. The molecule has 1 atom stereocenters. The molecule has 5 rings (SSSR count). The summed E-state index contributed by atoms with van der Waals surface area (Å²) in [7, 11) is 0. The summed E-state index contributed by atoms with van der Waals surface area (Å²) in [5.41, 5.74) is 2.64. The van der Waals surface area contributed by atoms with E-state index in [4.69, 9.17) is 9.47 Å². The summed E-state index contributed by atoms with van der Waals surface area (Å²) in [5.74, 6) is 0.320. The third-order valence-corrected chi connectivity index (χ3v) is 6.24. The molecule has 0 radical (unpaired) electrons. The van der Waals surface area contributed by atoms with E-state index in [1.807, 2.05) is 49.4 Å². The van der Waals surface area contributed by atoms with Crippen LogP contribution in [-0.2, 0) is 17.9 Å². The molecule has 1 fully saturated rings. The Morgan fingerprint density at radius 1 is 0.971 bits per heavy atom. The van der Waals surface area contributed by atoms with E-state index in [2.05, 4.69) is 10.3 Å². The lowest BCUT2D eigenvalue weighted by molar-refractivity contribution is -0.00202. The second-order valence-corrected chi connectivity index (χ2v) is 8.29. The molecule has 2 aliphatic heterocycles. The summed E-state index contributed by atoms with van der Waals surface area (Å²) < 4.78 is 13.4. The molecule has 0 saturated carbocycles. The van der Waals surface area contributed by atoms with Gasteiger partial charge in [0.2, 0.25) is 0 Å². The Kier molecular flexibility index (Phi) is 6.27. The van der Waals surface area contributed by atoms with E-state index in [9.17, 15) is 9.59 Å². The van der Waals surface area contributed by atoms with Crippen molar-refractivity contribution in [2.75, 3.05) is 32.8 Å². The van der Waals surface area contributed by atoms with Crippen LogP contribution >= 0.6 is 0 Å². The predicted molar refractivity (Wildman–Crippen MR) is 123 cm³/mol. The van der Waals surface area contributed by atoms with E-state index >= 15 is 0 Å². The number of benzene rings is 2. The molecule has 176 valence electrons. The summed E-state index contributed by atoms with van der Waals surface area (Å²) in [6.07, 6.45) is -0.118. The fourth-order valence-corrected chi connectivity index (χ4v) is 4.40. The maximum atomic E-state index is 13.2. The Labute approximate surface area is 197 Å². The van der Waals surface area contributed by atoms with Crippen LogP contribution in [-0.4, -0.2) is 69.4 Å². The van der Waals surface area contributed by atoms with Crippen LogP contribution in [0.1, 0.15) is 45.1 Å². The molecule has 9 heteroatoms. The average Bonchev–Trinajstić information content (AvgIpc) is 3.32. The van der Waals surface area contributed by atoms with E-state index in [1.54, 1.807) is 26.6 Å². The topological polar surface area (TPSA) is 89.8 Å². The number of hydrogen-bond donors (Lipinski definition) is 0. The maximum absolute atomic E-state index is 13.2. The summed E-state index contributed by atoms with van der Waals surface area (Å²) in [5, 5.41) is 8.40. The molecule has 1 saturated heterocycles. The molecule has 2 aromatic carbocycles. The molecule has 0 unspecified atom stereocenters. The van der Waals surface area contributed by atoms with Crippen molar-refractivity contribution in [3.05, 3.63) is 77.1 Å². The molecule has 0 spiro atoms. The molecule has 1 aromatic heterocycles. The first-order valence-corrected chi connectivity index (χ1v) is 11.5.